The van der Waals surface area contributed by atoms with Crippen LogP contribution in [0.15, 0.2) is 34.9 Å². The number of anilines is 2. The number of aryl methyl sites for hydroxylation is 1. The lowest BCUT2D eigenvalue weighted by Gasteiger charge is -2.08. The van der Waals surface area contributed by atoms with E-state index in [0.29, 0.717) is 17.8 Å². The van der Waals surface area contributed by atoms with Crippen LogP contribution in [0.1, 0.15) is 21.5 Å². The lowest BCUT2D eigenvalue weighted by molar-refractivity contribution is -0.115. The minimum atomic E-state index is -0.241. The summed E-state index contributed by atoms with van der Waals surface area (Å²) >= 11 is 3.33. The van der Waals surface area contributed by atoms with Gasteiger partial charge in [0.05, 0.1) is 6.42 Å². The Kier molecular flexibility index (Phi) is 3.47. The smallest absolute Gasteiger partial charge is 0.256 e. The lowest BCUT2D eigenvalue weighted by Crippen LogP contribution is -2.14. The highest BCUT2D eigenvalue weighted by Crippen LogP contribution is 2.24. The Balaban J connectivity index is 1.83. The van der Waals surface area contributed by atoms with Gasteiger partial charge in [-0.2, -0.15) is 0 Å². The molecule has 1 aromatic heterocycles. The molecule has 2 N–H and O–H groups in total. The molecular formula is C15H12BrN3O2. The molecule has 0 atom stereocenters. The largest absolute Gasteiger partial charge is 0.326 e. The molecule has 5 nitrogen and oxygen atoms in total. The monoisotopic (exact) mass is 345 g/mol. The fraction of sp³-hybridized carbons (Fsp3) is 0.133. The first kappa shape index (κ1) is 13.8. The van der Waals surface area contributed by atoms with Gasteiger partial charge in [0.15, 0.2) is 0 Å². The Morgan fingerprint density at radius 1 is 1.38 bits per heavy atom. The van der Waals surface area contributed by atoms with E-state index in [2.05, 4.69) is 31.5 Å². The summed E-state index contributed by atoms with van der Waals surface area (Å²) in [6.07, 6.45) is 1.94. The van der Waals surface area contributed by atoms with Crippen molar-refractivity contribution >= 4 is 39.2 Å². The van der Waals surface area contributed by atoms with E-state index in [-0.39, 0.29) is 11.8 Å². The van der Waals surface area contributed by atoms with Gasteiger partial charge in [-0.1, -0.05) is 0 Å². The highest BCUT2D eigenvalue weighted by Gasteiger charge is 2.19. The fourth-order valence-electron chi connectivity index (χ4n) is 2.22. The number of fused-ring (bicyclic) bond motifs is 1. The number of nitrogens with zero attached hydrogens (tertiary/aromatic N) is 1. The minimum Gasteiger partial charge on any atom is -0.326 e. The van der Waals surface area contributed by atoms with Crippen LogP contribution in [0.3, 0.4) is 0 Å². The number of halogens is 1. The van der Waals surface area contributed by atoms with Gasteiger partial charge < -0.3 is 10.6 Å². The number of amides is 2. The number of carbonyl (C=O) groups is 2. The van der Waals surface area contributed by atoms with Gasteiger partial charge in [-0.25, -0.2) is 4.98 Å². The second-order valence-electron chi connectivity index (χ2n) is 4.87. The summed E-state index contributed by atoms with van der Waals surface area (Å²) in [4.78, 5) is 27.8. The molecule has 106 valence electrons. The van der Waals surface area contributed by atoms with Crippen molar-refractivity contribution in [3.05, 3.63) is 51.6 Å². The summed E-state index contributed by atoms with van der Waals surface area (Å²) in [7, 11) is 0. The Morgan fingerprint density at radius 3 is 2.95 bits per heavy atom. The van der Waals surface area contributed by atoms with Crippen LogP contribution in [0.25, 0.3) is 0 Å². The average Bonchev–Trinajstić information content (AvgIpc) is 2.80. The summed E-state index contributed by atoms with van der Waals surface area (Å²) in [6, 6.07) is 7.05. The van der Waals surface area contributed by atoms with Gasteiger partial charge in [0.2, 0.25) is 5.91 Å². The van der Waals surface area contributed by atoms with Crippen LogP contribution in [0.5, 0.6) is 0 Å². The summed E-state index contributed by atoms with van der Waals surface area (Å²) in [6.45, 7) is 1.87. The Labute approximate surface area is 129 Å². The van der Waals surface area contributed by atoms with Crippen LogP contribution >= 0.6 is 15.9 Å². The van der Waals surface area contributed by atoms with Crippen molar-refractivity contribution in [2.24, 2.45) is 0 Å². The van der Waals surface area contributed by atoms with Gasteiger partial charge in [0.1, 0.15) is 5.82 Å². The molecular weight excluding hydrogens is 334 g/mol. The third-order valence-corrected chi connectivity index (χ3v) is 3.70. The average molecular weight is 346 g/mol. The normalized spacial score (nSPS) is 12.8. The number of hydrogen-bond acceptors (Lipinski definition) is 3. The van der Waals surface area contributed by atoms with Crippen molar-refractivity contribution in [2.45, 2.75) is 13.3 Å². The van der Waals surface area contributed by atoms with Crippen molar-refractivity contribution in [3.63, 3.8) is 0 Å². The van der Waals surface area contributed by atoms with E-state index < -0.39 is 0 Å². The predicted octanol–water partition coefficient (Wildman–Crippen LogP) is 2.90. The van der Waals surface area contributed by atoms with Crippen LogP contribution in [-0.2, 0) is 11.2 Å². The van der Waals surface area contributed by atoms with E-state index in [1.807, 2.05) is 13.0 Å². The maximum absolute atomic E-state index is 12.3. The van der Waals surface area contributed by atoms with E-state index in [4.69, 9.17) is 0 Å². The fourth-order valence-corrected chi connectivity index (χ4v) is 2.67. The molecule has 0 bridgehead atoms. The molecule has 21 heavy (non-hydrogen) atoms. The molecule has 2 heterocycles. The molecule has 0 radical (unpaired) electrons. The first-order valence-corrected chi connectivity index (χ1v) is 7.18. The van der Waals surface area contributed by atoms with Crippen molar-refractivity contribution in [3.8, 4) is 0 Å². The highest BCUT2D eigenvalue weighted by atomic mass is 79.9. The van der Waals surface area contributed by atoms with Crippen molar-refractivity contribution in [2.75, 3.05) is 10.6 Å². The van der Waals surface area contributed by atoms with Gasteiger partial charge >= 0.3 is 0 Å². The molecule has 1 aromatic carbocycles. The van der Waals surface area contributed by atoms with Crippen molar-refractivity contribution < 1.29 is 9.59 Å². The van der Waals surface area contributed by atoms with Gasteiger partial charge in [-0.05, 0) is 58.2 Å². The van der Waals surface area contributed by atoms with Gasteiger partial charge in [-0.3, -0.25) is 9.59 Å². The second kappa shape index (κ2) is 5.29. The number of aromatic nitrogens is 1. The lowest BCUT2D eigenvalue weighted by atomic mass is 10.1. The zero-order valence-electron chi connectivity index (χ0n) is 11.2. The third-order valence-electron chi connectivity index (χ3n) is 3.27. The van der Waals surface area contributed by atoms with Crippen LogP contribution in [0.2, 0.25) is 0 Å². The number of nitrogens with one attached hydrogen (secondary N) is 2. The molecule has 1 aliphatic rings. The summed E-state index contributed by atoms with van der Waals surface area (Å²) < 4.78 is 0.861. The SMILES string of the molecule is Cc1cc(Br)cnc1NC(=O)c1ccc2c(c1)CC(=O)N2. The number of carbonyl (C=O) groups excluding carboxylic acids is 2. The van der Waals surface area contributed by atoms with E-state index in [1.165, 1.54) is 0 Å². The number of benzene rings is 1. The molecule has 2 amide bonds. The second-order valence-corrected chi connectivity index (χ2v) is 5.79. The van der Waals surface area contributed by atoms with Crippen molar-refractivity contribution in [1.29, 1.82) is 0 Å². The zero-order valence-corrected chi connectivity index (χ0v) is 12.8. The van der Waals surface area contributed by atoms with E-state index in [9.17, 15) is 9.59 Å². The maximum atomic E-state index is 12.3. The topological polar surface area (TPSA) is 71.1 Å². The molecule has 6 heteroatoms. The Morgan fingerprint density at radius 2 is 2.19 bits per heavy atom. The van der Waals surface area contributed by atoms with E-state index in [1.54, 1.807) is 24.4 Å². The molecule has 0 aliphatic carbocycles. The van der Waals surface area contributed by atoms with Crippen LogP contribution in [-0.4, -0.2) is 16.8 Å². The molecule has 0 saturated heterocycles. The first-order valence-electron chi connectivity index (χ1n) is 6.39. The first-order chi connectivity index (χ1) is 10.0. The Bertz CT molecular complexity index is 759. The molecule has 0 spiro atoms. The number of rotatable bonds is 2. The van der Waals surface area contributed by atoms with Crippen LogP contribution < -0.4 is 10.6 Å². The maximum Gasteiger partial charge on any atom is 0.256 e. The molecule has 2 aromatic rings. The minimum absolute atomic E-state index is 0.0482. The number of hydrogen-bond donors (Lipinski definition) is 2. The van der Waals surface area contributed by atoms with Crippen LogP contribution in [0, 0.1) is 6.92 Å². The van der Waals surface area contributed by atoms with Gasteiger partial charge in [0.25, 0.3) is 5.91 Å². The highest BCUT2D eigenvalue weighted by molar-refractivity contribution is 9.10. The standard InChI is InChI=1S/C15H12BrN3O2/c1-8-4-11(16)7-17-14(8)19-15(21)9-2-3-12-10(5-9)6-13(20)18-12/h2-5,7H,6H2,1H3,(H,18,20)(H,17,19,21). The van der Waals surface area contributed by atoms with Gasteiger partial charge in [0, 0.05) is 21.9 Å². The predicted molar refractivity (Wildman–Crippen MR) is 83.4 cm³/mol. The summed E-state index contributed by atoms with van der Waals surface area (Å²) in [5.41, 5.74) is 2.99. The summed E-state index contributed by atoms with van der Waals surface area (Å²) in [5.74, 6) is 0.237. The third kappa shape index (κ3) is 2.80. The van der Waals surface area contributed by atoms with E-state index in [0.717, 1.165) is 21.3 Å². The van der Waals surface area contributed by atoms with Gasteiger partial charge in [-0.15, -0.1) is 0 Å². The Hall–Kier alpha value is -2.21. The van der Waals surface area contributed by atoms with Crippen LogP contribution in [0.4, 0.5) is 11.5 Å². The zero-order chi connectivity index (χ0) is 15.0. The van der Waals surface area contributed by atoms with Crippen molar-refractivity contribution in [1.82, 2.24) is 4.98 Å². The molecule has 0 unspecified atom stereocenters. The quantitative estimate of drug-likeness (QED) is 0.878. The van der Waals surface area contributed by atoms with E-state index >= 15 is 0 Å². The molecule has 0 fully saturated rings. The number of pyridine rings is 1. The molecule has 0 saturated carbocycles. The summed E-state index contributed by atoms with van der Waals surface area (Å²) in [5, 5.41) is 5.52. The molecule has 3 rings (SSSR count). The molecule has 1 aliphatic heterocycles.